The minimum Gasteiger partial charge on any atom is -0.507 e. The Kier molecular flexibility index (Phi) is 6.20. The Morgan fingerprint density at radius 1 is 1.25 bits per heavy atom. The molecule has 0 unspecified atom stereocenters. The summed E-state index contributed by atoms with van der Waals surface area (Å²) in [5.74, 6) is -0.951. The molecule has 7 nitrogen and oxygen atoms in total. The lowest BCUT2D eigenvalue weighted by Gasteiger charge is -2.08. The van der Waals surface area contributed by atoms with Crippen molar-refractivity contribution in [3.63, 3.8) is 0 Å². The van der Waals surface area contributed by atoms with E-state index in [1.165, 1.54) is 19.2 Å². The van der Waals surface area contributed by atoms with E-state index in [0.29, 0.717) is 24.2 Å². The molecule has 0 radical (unpaired) electrons. The average molecular weight is 334 g/mol. The number of carbonyl (C=O) groups is 1. The van der Waals surface area contributed by atoms with Crippen molar-refractivity contribution in [3.05, 3.63) is 34.2 Å². The summed E-state index contributed by atoms with van der Waals surface area (Å²) in [7, 11) is 1.23. The van der Waals surface area contributed by atoms with Crippen molar-refractivity contribution in [2.45, 2.75) is 25.7 Å². The number of phenolic OH excluding ortho intramolecular Hbond substituents is 1. The number of ether oxygens (including phenoxy) is 1. The number of phenols is 1. The molecule has 1 heterocycles. The second-order valence-corrected chi connectivity index (χ2v) is 5.48. The number of nitrogens with one attached hydrogen (secondary N) is 1. The summed E-state index contributed by atoms with van der Waals surface area (Å²) in [4.78, 5) is 23.6. The van der Waals surface area contributed by atoms with Crippen LogP contribution in [0.15, 0.2) is 27.4 Å². The van der Waals surface area contributed by atoms with Gasteiger partial charge in [0.1, 0.15) is 22.6 Å². The number of benzene rings is 1. The van der Waals surface area contributed by atoms with Crippen LogP contribution < -0.4 is 16.7 Å². The fourth-order valence-corrected chi connectivity index (χ4v) is 2.40. The van der Waals surface area contributed by atoms with Crippen LogP contribution in [0.5, 0.6) is 5.75 Å². The minimum atomic E-state index is -0.657. The molecule has 0 bridgehead atoms. The van der Waals surface area contributed by atoms with Gasteiger partial charge in [-0.1, -0.05) is 12.8 Å². The molecule has 130 valence electrons. The lowest BCUT2D eigenvalue weighted by Crippen LogP contribution is -2.12. The van der Waals surface area contributed by atoms with E-state index in [9.17, 15) is 14.7 Å². The number of anilines is 1. The third-order valence-electron chi connectivity index (χ3n) is 3.70. The first kappa shape index (κ1) is 17.8. The van der Waals surface area contributed by atoms with Crippen molar-refractivity contribution in [2.24, 2.45) is 5.73 Å². The van der Waals surface area contributed by atoms with E-state index in [1.54, 1.807) is 6.07 Å². The smallest absolute Gasteiger partial charge is 0.359 e. The van der Waals surface area contributed by atoms with Crippen LogP contribution in [0.2, 0.25) is 0 Å². The molecule has 0 aliphatic carbocycles. The van der Waals surface area contributed by atoms with E-state index in [-0.39, 0.29) is 16.9 Å². The van der Waals surface area contributed by atoms with Crippen molar-refractivity contribution in [2.75, 3.05) is 25.5 Å². The fraction of sp³-hybridized carbons (Fsp3) is 0.412. The van der Waals surface area contributed by atoms with Crippen LogP contribution in [-0.2, 0) is 4.74 Å². The van der Waals surface area contributed by atoms with Gasteiger partial charge in [0, 0.05) is 18.0 Å². The third kappa shape index (κ3) is 4.26. The maximum absolute atomic E-state index is 12.0. The first-order valence-electron chi connectivity index (χ1n) is 7.90. The summed E-state index contributed by atoms with van der Waals surface area (Å²) >= 11 is 0. The summed E-state index contributed by atoms with van der Waals surface area (Å²) in [5, 5.41) is 13.4. The third-order valence-corrected chi connectivity index (χ3v) is 3.70. The predicted octanol–water partition coefficient (Wildman–Crippen LogP) is 2.22. The van der Waals surface area contributed by atoms with Crippen molar-refractivity contribution >= 4 is 22.6 Å². The summed E-state index contributed by atoms with van der Waals surface area (Å²) in [6, 6.07) is 4.28. The van der Waals surface area contributed by atoms with Crippen LogP contribution in [0, 0.1) is 0 Å². The number of methoxy groups -OCH3 is 1. The zero-order valence-electron chi connectivity index (χ0n) is 13.6. The van der Waals surface area contributed by atoms with E-state index in [2.05, 4.69) is 10.1 Å². The van der Waals surface area contributed by atoms with Gasteiger partial charge in [-0.15, -0.1) is 0 Å². The molecule has 4 N–H and O–H groups in total. The molecule has 0 amide bonds. The largest absolute Gasteiger partial charge is 0.507 e. The Morgan fingerprint density at radius 3 is 2.71 bits per heavy atom. The highest BCUT2D eigenvalue weighted by molar-refractivity contribution is 5.97. The van der Waals surface area contributed by atoms with Crippen LogP contribution in [0.25, 0.3) is 11.0 Å². The number of rotatable bonds is 8. The molecule has 24 heavy (non-hydrogen) atoms. The van der Waals surface area contributed by atoms with Crippen molar-refractivity contribution in [1.29, 1.82) is 0 Å². The molecule has 1 aromatic heterocycles. The van der Waals surface area contributed by atoms with Crippen LogP contribution >= 0.6 is 0 Å². The normalized spacial score (nSPS) is 10.8. The quantitative estimate of drug-likeness (QED) is 0.385. The Morgan fingerprint density at radius 2 is 2.00 bits per heavy atom. The van der Waals surface area contributed by atoms with Gasteiger partial charge in [0.2, 0.25) is 0 Å². The Balaban J connectivity index is 2.16. The van der Waals surface area contributed by atoms with E-state index in [4.69, 9.17) is 10.2 Å². The number of hydrogen-bond acceptors (Lipinski definition) is 7. The zero-order valence-corrected chi connectivity index (χ0v) is 13.6. The lowest BCUT2D eigenvalue weighted by atomic mass is 10.1. The van der Waals surface area contributed by atoms with Crippen molar-refractivity contribution in [3.8, 4) is 5.75 Å². The van der Waals surface area contributed by atoms with Gasteiger partial charge >= 0.3 is 11.6 Å². The van der Waals surface area contributed by atoms with Crippen LogP contribution in [0.3, 0.4) is 0 Å². The van der Waals surface area contributed by atoms with Crippen LogP contribution in [0.4, 0.5) is 5.69 Å². The second kappa shape index (κ2) is 8.35. The highest BCUT2D eigenvalue weighted by Crippen LogP contribution is 2.26. The SMILES string of the molecule is COC(=O)c1cc2cc(NCCCCCCN)c(=O)oc2cc1O. The molecule has 0 aliphatic rings. The minimum absolute atomic E-state index is 0.0200. The molecular weight excluding hydrogens is 312 g/mol. The molecule has 7 heteroatoms. The number of carbonyl (C=O) groups excluding carboxylic acids is 1. The number of unbranched alkanes of at least 4 members (excludes halogenated alkanes) is 3. The molecule has 2 aromatic rings. The van der Waals surface area contributed by atoms with E-state index >= 15 is 0 Å². The summed E-state index contributed by atoms with van der Waals surface area (Å²) in [6.45, 7) is 1.33. The predicted molar refractivity (Wildman–Crippen MR) is 91.5 cm³/mol. The number of hydrogen-bond donors (Lipinski definition) is 3. The Hall–Kier alpha value is -2.54. The molecule has 1 aromatic carbocycles. The lowest BCUT2D eigenvalue weighted by molar-refractivity contribution is 0.0597. The van der Waals surface area contributed by atoms with Gasteiger partial charge in [0.05, 0.1) is 7.11 Å². The molecule has 0 saturated heterocycles. The monoisotopic (exact) mass is 334 g/mol. The molecule has 0 aliphatic heterocycles. The molecule has 0 saturated carbocycles. The van der Waals surface area contributed by atoms with E-state index in [0.717, 1.165) is 25.7 Å². The van der Waals surface area contributed by atoms with Gasteiger partial charge in [0.15, 0.2) is 0 Å². The van der Waals surface area contributed by atoms with Crippen LogP contribution in [0.1, 0.15) is 36.0 Å². The summed E-state index contributed by atoms with van der Waals surface area (Å²) in [5.41, 5.74) is 5.47. The van der Waals surface area contributed by atoms with Crippen LogP contribution in [-0.4, -0.2) is 31.3 Å². The standard InChI is InChI=1S/C17H22N2O5/c1-23-16(21)12-8-11-9-13(19-7-5-3-2-4-6-18)17(22)24-15(11)10-14(12)20/h8-10,19-20H,2-7,18H2,1H3. The number of nitrogens with two attached hydrogens (primary N) is 1. The zero-order chi connectivity index (χ0) is 17.5. The van der Waals surface area contributed by atoms with Gasteiger partial charge in [-0.2, -0.15) is 0 Å². The van der Waals surface area contributed by atoms with Gasteiger partial charge in [0.25, 0.3) is 0 Å². The molecular formula is C17H22N2O5. The van der Waals surface area contributed by atoms with Gasteiger partial charge in [-0.05, 0) is 31.5 Å². The number of esters is 1. The molecule has 2 rings (SSSR count). The average Bonchev–Trinajstić information content (AvgIpc) is 2.57. The topological polar surface area (TPSA) is 115 Å². The first-order chi connectivity index (χ1) is 11.6. The maximum atomic E-state index is 12.0. The molecule has 0 fully saturated rings. The van der Waals surface area contributed by atoms with E-state index in [1.807, 2.05) is 0 Å². The Labute approximate surface area is 139 Å². The summed E-state index contributed by atoms with van der Waals surface area (Å²) < 4.78 is 9.81. The van der Waals surface area contributed by atoms with Gasteiger partial charge in [-0.25, -0.2) is 9.59 Å². The second-order valence-electron chi connectivity index (χ2n) is 5.48. The fourth-order valence-electron chi connectivity index (χ4n) is 2.40. The van der Waals surface area contributed by atoms with E-state index < -0.39 is 11.6 Å². The maximum Gasteiger partial charge on any atom is 0.359 e. The van der Waals surface area contributed by atoms with Gasteiger partial charge in [-0.3, -0.25) is 0 Å². The first-order valence-corrected chi connectivity index (χ1v) is 7.90. The van der Waals surface area contributed by atoms with Gasteiger partial charge < -0.3 is 25.3 Å². The molecule has 0 atom stereocenters. The van der Waals surface area contributed by atoms with Crippen molar-refractivity contribution in [1.82, 2.24) is 0 Å². The van der Waals surface area contributed by atoms with Crippen molar-refractivity contribution < 1.29 is 19.1 Å². The Bertz CT molecular complexity index is 769. The number of fused-ring (bicyclic) bond motifs is 1. The summed E-state index contributed by atoms with van der Waals surface area (Å²) in [6.07, 6.45) is 4.01. The highest BCUT2D eigenvalue weighted by Gasteiger charge is 2.15. The number of aromatic hydroxyl groups is 1. The molecule has 0 spiro atoms. The highest BCUT2D eigenvalue weighted by atomic mass is 16.5.